The monoisotopic (exact) mass is 391 g/mol. The highest BCUT2D eigenvalue weighted by Crippen LogP contribution is 2.36. The minimum Gasteiger partial charge on any atom is -0.378 e. The number of anilines is 2. The zero-order chi connectivity index (χ0) is 20.6. The van der Waals surface area contributed by atoms with Crippen LogP contribution in [0.1, 0.15) is 37.8 Å². The third kappa shape index (κ3) is 3.87. The molecule has 0 spiro atoms. The molecule has 0 unspecified atom stereocenters. The summed E-state index contributed by atoms with van der Waals surface area (Å²) in [5.41, 5.74) is 1.53. The zero-order valence-electron chi connectivity index (χ0n) is 16.4. The van der Waals surface area contributed by atoms with E-state index in [9.17, 15) is 14.3 Å². The second-order valence-electron chi connectivity index (χ2n) is 7.75. The van der Waals surface area contributed by atoms with Crippen LogP contribution in [-0.4, -0.2) is 27.2 Å². The first-order valence-corrected chi connectivity index (χ1v) is 9.67. The quantitative estimate of drug-likeness (QED) is 0.621. The first-order valence-electron chi connectivity index (χ1n) is 9.67. The Labute approximate surface area is 168 Å². The molecule has 4 rings (SSSR count). The summed E-state index contributed by atoms with van der Waals surface area (Å²) in [6, 6.07) is 10.4. The number of fused-ring (bicyclic) bond motifs is 2. The lowest BCUT2D eigenvalue weighted by Gasteiger charge is -2.25. The van der Waals surface area contributed by atoms with E-state index in [2.05, 4.69) is 21.8 Å². The Balaban J connectivity index is 1.94. The van der Waals surface area contributed by atoms with Gasteiger partial charge in [0, 0.05) is 17.8 Å². The molecule has 6 heteroatoms. The van der Waals surface area contributed by atoms with Crippen LogP contribution in [0.4, 0.5) is 15.9 Å². The van der Waals surface area contributed by atoms with Crippen LogP contribution in [0.5, 0.6) is 0 Å². The highest BCUT2D eigenvalue weighted by atomic mass is 19.1. The summed E-state index contributed by atoms with van der Waals surface area (Å²) in [4.78, 5) is 20.8. The van der Waals surface area contributed by atoms with Gasteiger partial charge in [0.2, 0.25) is 0 Å². The molecule has 0 saturated carbocycles. The molecule has 0 radical (unpaired) electrons. The minimum atomic E-state index is -1.10. The van der Waals surface area contributed by atoms with Crippen LogP contribution in [-0.2, 0) is 6.42 Å². The van der Waals surface area contributed by atoms with Crippen molar-refractivity contribution in [1.82, 2.24) is 9.97 Å². The Kier molecular flexibility index (Phi) is 4.85. The fourth-order valence-electron chi connectivity index (χ4n) is 3.69. The van der Waals surface area contributed by atoms with Gasteiger partial charge < -0.3 is 15.0 Å². The van der Waals surface area contributed by atoms with E-state index >= 15 is 0 Å². The number of benzene rings is 2. The molecule has 29 heavy (non-hydrogen) atoms. The van der Waals surface area contributed by atoms with Crippen LogP contribution < -0.4 is 10.6 Å². The standard InChI is InChI=1S/C23H22FN3O2/c1-23(2,29)13-12-15-7-5-11-19-16(15)8-3-4-14-27(19)21-20-17(24)9-6-10-18(20)25-22(28)26-21/h5-7,9-11,29H,3-4,8,14H2,1-2H3,(H,25,26,28). The Bertz CT molecular complexity index is 1200. The summed E-state index contributed by atoms with van der Waals surface area (Å²) in [7, 11) is 0. The van der Waals surface area contributed by atoms with Gasteiger partial charge in [-0.3, -0.25) is 0 Å². The lowest BCUT2D eigenvalue weighted by atomic mass is 10.00. The molecule has 0 amide bonds. The molecule has 2 N–H and O–H groups in total. The summed E-state index contributed by atoms with van der Waals surface area (Å²) in [6.45, 7) is 3.90. The number of halogens is 1. The molecule has 148 valence electrons. The van der Waals surface area contributed by atoms with Gasteiger partial charge in [-0.25, -0.2) is 9.18 Å². The number of aliphatic hydroxyl groups is 1. The van der Waals surface area contributed by atoms with Crippen LogP contribution in [0.3, 0.4) is 0 Å². The van der Waals surface area contributed by atoms with Crippen LogP contribution in [0, 0.1) is 17.7 Å². The van der Waals surface area contributed by atoms with Crippen LogP contribution >= 0.6 is 0 Å². The fourth-order valence-corrected chi connectivity index (χ4v) is 3.69. The molecule has 0 fully saturated rings. The maximum atomic E-state index is 14.7. The smallest absolute Gasteiger partial charge is 0.347 e. The number of nitrogens with zero attached hydrogens (tertiary/aromatic N) is 2. The van der Waals surface area contributed by atoms with Gasteiger partial charge in [-0.05, 0) is 62.9 Å². The Morgan fingerprint density at radius 3 is 2.79 bits per heavy atom. The maximum Gasteiger partial charge on any atom is 0.347 e. The molecule has 2 aromatic carbocycles. The summed E-state index contributed by atoms with van der Waals surface area (Å²) in [6.07, 6.45) is 2.62. The third-order valence-electron chi connectivity index (χ3n) is 4.95. The number of H-pyrrole nitrogens is 1. The molecule has 3 aromatic rings. The lowest BCUT2D eigenvalue weighted by Crippen LogP contribution is -2.24. The van der Waals surface area contributed by atoms with E-state index in [-0.39, 0.29) is 0 Å². The predicted molar refractivity (Wildman–Crippen MR) is 112 cm³/mol. The second-order valence-corrected chi connectivity index (χ2v) is 7.75. The first-order chi connectivity index (χ1) is 13.8. The van der Waals surface area contributed by atoms with E-state index in [1.807, 2.05) is 23.1 Å². The number of rotatable bonds is 1. The molecule has 0 aliphatic carbocycles. The Morgan fingerprint density at radius 2 is 2.00 bits per heavy atom. The molecule has 0 saturated heterocycles. The van der Waals surface area contributed by atoms with E-state index < -0.39 is 17.1 Å². The molecule has 0 bridgehead atoms. The minimum absolute atomic E-state index is 0.299. The fraction of sp³-hybridized carbons (Fsp3) is 0.304. The number of aromatic nitrogens is 2. The van der Waals surface area contributed by atoms with Gasteiger partial charge in [-0.1, -0.05) is 24.0 Å². The van der Waals surface area contributed by atoms with Crippen LogP contribution in [0.25, 0.3) is 10.9 Å². The van der Waals surface area contributed by atoms with Gasteiger partial charge in [0.05, 0.1) is 10.9 Å². The average Bonchev–Trinajstić information content (AvgIpc) is 2.88. The molecular weight excluding hydrogens is 369 g/mol. The summed E-state index contributed by atoms with van der Waals surface area (Å²) in [5, 5.41) is 10.3. The van der Waals surface area contributed by atoms with Crippen molar-refractivity contribution in [2.24, 2.45) is 0 Å². The lowest BCUT2D eigenvalue weighted by molar-refractivity contribution is 0.143. The van der Waals surface area contributed by atoms with Gasteiger partial charge in [0.25, 0.3) is 0 Å². The van der Waals surface area contributed by atoms with E-state index in [1.165, 1.54) is 6.07 Å². The van der Waals surface area contributed by atoms with Gasteiger partial charge >= 0.3 is 5.69 Å². The predicted octanol–water partition coefficient (Wildman–Crippen LogP) is 3.66. The Hall–Kier alpha value is -3.17. The molecule has 1 aromatic heterocycles. The van der Waals surface area contributed by atoms with Gasteiger partial charge in [-0.2, -0.15) is 4.98 Å². The van der Waals surface area contributed by atoms with E-state index in [1.54, 1.807) is 26.0 Å². The maximum absolute atomic E-state index is 14.7. The van der Waals surface area contributed by atoms with E-state index in [0.717, 1.165) is 36.1 Å². The van der Waals surface area contributed by atoms with Crippen molar-refractivity contribution in [3.63, 3.8) is 0 Å². The number of nitrogens with one attached hydrogen (secondary N) is 1. The summed E-state index contributed by atoms with van der Waals surface area (Å²) < 4.78 is 14.7. The SMILES string of the molecule is CC(C)(O)C#Cc1cccc2c1CCCCN2c1nc(=O)[nH]c2cccc(F)c12. The van der Waals surface area contributed by atoms with Crippen molar-refractivity contribution >= 4 is 22.4 Å². The first kappa shape index (κ1) is 19.2. The second kappa shape index (κ2) is 7.34. The van der Waals surface area contributed by atoms with Crippen molar-refractivity contribution in [2.75, 3.05) is 11.4 Å². The van der Waals surface area contributed by atoms with Crippen molar-refractivity contribution in [3.8, 4) is 11.8 Å². The summed E-state index contributed by atoms with van der Waals surface area (Å²) >= 11 is 0. The van der Waals surface area contributed by atoms with Crippen molar-refractivity contribution < 1.29 is 9.50 Å². The average molecular weight is 391 g/mol. The topological polar surface area (TPSA) is 69.2 Å². The van der Waals surface area contributed by atoms with Crippen molar-refractivity contribution in [1.29, 1.82) is 0 Å². The molecule has 5 nitrogen and oxygen atoms in total. The van der Waals surface area contributed by atoms with Crippen LogP contribution in [0.15, 0.2) is 41.2 Å². The third-order valence-corrected chi connectivity index (χ3v) is 4.95. The Morgan fingerprint density at radius 1 is 1.21 bits per heavy atom. The zero-order valence-corrected chi connectivity index (χ0v) is 16.4. The van der Waals surface area contributed by atoms with E-state index in [4.69, 9.17) is 0 Å². The van der Waals surface area contributed by atoms with Gasteiger partial charge in [0.1, 0.15) is 11.4 Å². The number of aromatic amines is 1. The van der Waals surface area contributed by atoms with E-state index in [0.29, 0.717) is 23.3 Å². The number of hydrogen-bond donors (Lipinski definition) is 2. The van der Waals surface area contributed by atoms with Gasteiger partial charge in [-0.15, -0.1) is 0 Å². The number of hydrogen-bond acceptors (Lipinski definition) is 4. The highest BCUT2D eigenvalue weighted by Gasteiger charge is 2.23. The molecular formula is C23H22FN3O2. The largest absolute Gasteiger partial charge is 0.378 e. The highest BCUT2D eigenvalue weighted by molar-refractivity contribution is 5.92. The van der Waals surface area contributed by atoms with Crippen molar-refractivity contribution in [3.05, 3.63) is 63.8 Å². The molecule has 2 heterocycles. The molecule has 1 aliphatic rings. The normalized spacial score (nSPS) is 14.1. The molecule has 1 aliphatic heterocycles. The van der Waals surface area contributed by atoms with Crippen LogP contribution in [0.2, 0.25) is 0 Å². The van der Waals surface area contributed by atoms with Crippen molar-refractivity contribution in [2.45, 2.75) is 38.7 Å². The summed E-state index contributed by atoms with van der Waals surface area (Å²) in [5.74, 6) is 5.84. The molecule has 0 atom stereocenters. The van der Waals surface area contributed by atoms with Gasteiger partial charge in [0.15, 0.2) is 5.82 Å².